The first-order chi connectivity index (χ1) is 11.6. The Hall–Kier alpha value is -2.21. The quantitative estimate of drug-likeness (QED) is 0.880. The lowest BCUT2D eigenvalue weighted by Gasteiger charge is -2.25. The van der Waals surface area contributed by atoms with Gasteiger partial charge in [0.1, 0.15) is 5.82 Å². The average Bonchev–Trinajstić information content (AvgIpc) is 2.59. The highest BCUT2D eigenvalue weighted by Gasteiger charge is 2.21. The first-order valence-electron chi connectivity index (χ1n) is 8.55. The molecule has 6 heteroatoms. The molecule has 0 saturated carbocycles. The van der Waals surface area contributed by atoms with Crippen molar-refractivity contribution in [1.29, 1.82) is 0 Å². The number of pyridine rings is 1. The van der Waals surface area contributed by atoms with E-state index in [-0.39, 0.29) is 6.04 Å². The third-order valence-corrected chi connectivity index (χ3v) is 4.34. The van der Waals surface area contributed by atoms with E-state index in [1.165, 1.54) is 11.1 Å². The fourth-order valence-electron chi connectivity index (χ4n) is 2.97. The minimum Gasteiger partial charge on any atom is -0.361 e. The number of hydrogen-bond acceptors (Lipinski definition) is 6. The van der Waals surface area contributed by atoms with E-state index in [4.69, 9.17) is 9.97 Å². The SMILES string of the molecule is CCC(Nc1nc(N(C)C)nc2c1CCNC2)c1cc(C)ccn1. The molecule has 0 aliphatic carbocycles. The molecule has 0 fully saturated rings. The summed E-state index contributed by atoms with van der Waals surface area (Å²) in [5, 5.41) is 7.02. The average molecular weight is 326 g/mol. The van der Waals surface area contributed by atoms with Gasteiger partial charge in [0.05, 0.1) is 17.4 Å². The third-order valence-electron chi connectivity index (χ3n) is 4.34. The first-order valence-corrected chi connectivity index (χ1v) is 8.55. The van der Waals surface area contributed by atoms with Gasteiger partial charge in [0.15, 0.2) is 0 Å². The Balaban J connectivity index is 1.96. The number of fused-ring (bicyclic) bond motifs is 1. The summed E-state index contributed by atoms with van der Waals surface area (Å²) in [7, 11) is 3.95. The second kappa shape index (κ2) is 7.13. The maximum Gasteiger partial charge on any atom is 0.227 e. The van der Waals surface area contributed by atoms with E-state index in [0.29, 0.717) is 0 Å². The van der Waals surface area contributed by atoms with Crippen LogP contribution in [-0.4, -0.2) is 35.6 Å². The van der Waals surface area contributed by atoms with Crippen LogP contribution in [0.15, 0.2) is 18.3 Å². The fraction of sp³-hybridized carbons (Fsp3) is 0.500. The van der Waals surface area contributed by atoms with Crippen LogP contribution in [0.3, 0.4) is 0 Å². The maximum absolute atomic E-state index is 4.77. The second-order valence-corrected chi connectivity index (χ2v) is 6.48. The van der Waals surface area contributed by atoms with Gasteiger partial charge in [-0.05, 0) is 44.0 Å². The molecule has 1 aliphatic rings. The standard InChI is InChI=1S/C18H26N6/c1-5-14(15-10-12(2)6-9-20-15)21-17-13-7-8-19-11-16(13)22-18(23-17)24(3)4/h6,9-10,14,19H,5,7-8,11H2,1-4H3,(H,21,22,23). The molecule has 24 heavy (non-hydrogen) atoms. The molecule has 1 unspecified atom stereocenters. The van der Waals surface area contributed by atoms with E-state index in [1.54, 1.807) is 0 Å². The molecule has 3 rings (SSSR count). The first kappa shape index (κ1) is 16.6. The van der Waals surface area contributed by atoms with Crippen molar-refractivity contribution in [2.75, 3.05) is 30.9 Å². The van der Waals surface area contributed by atoms with Gasteiger partial charge in [0.25, 0.3) is 0 Å². The van der Waals surface area contributed by atoms with Crippen molar-refractivity contribution in [3.05, 3.63) is 40.8 Å². The van der Waals surface area contributed by atoms with E-state index in [1.807, 2.05) is 31.3 Å². The molecule has 6 nitrogen and oxygen atoms in total. The van der Waals surface area contributed by atoms with E-state index in [2.05, 4.69) is 35.5 Å². The topological polar surface area (TPSA) is 66.0 Å². The summed E-state index contributed by atoms with van der Waals surface area (Å²) in [5.74, 6) is 1.69. The van der Waals surface area contributed by atoms with Crippen LogP contribution in [0.1, 0.15) is 41.9 Å². The van der Waals surface area contributed by atoms with Gasteiger partial charge < -0.3 is 15.5 Å². The fourth-order valence-corrected chi connectivity index (χ4v) is 2.97. The molecule has 2 N–H and O–H groups in total. The summed E-state index contributed by atoms with van der Waals surface area (Å²) in [4.78, 5) is 16.0. The van der Waals surface area contributed by atoms with Crippen molar-refractivity contribution in [2.24, 2.45) is 0 Å². The summed E-state index contributed by atoms with van der Waals surface area (Å²) in [5.41, 5.74) is 4.60. The minimum atomic E-state index is 0.147. The van der Waals surface area contributed by atoms with Crippen molar-refractivity contribution < 1.29 is 0 Å². The molecule has 2 aromatic heterocycles. The van der Waals surface area contributed by atoms with Gasteiger partial charge in [-0.1, -0.05) is 6.92 Å². The number of anilines is 2. The lowest BCUT2D eigenvalue weighted by molar-refractivity contribution is 0.620. The summed E-state index contributed by atoms with van der Waals surface area (Å²) in [6.45, 7) is 6.03. The number of aromatic nitrogens is 3. The van der Waals surface area contributed by atoms with Crippen LogP contribution < -0.4 is 15.5 Å². The van der Waals surface area contributed by atoms with Crippen molar-refractivity contribution in [2.45, 2.75) is 39.3 Å². The largest absolute Gasteiger partial charge is 0.361 e. The normalized spacial score (nSPS) is 14.8. The predicted octanol–water partition coefficient (Wildman–Crippen LogP) is 2.45. The van der Waals surface area contributed by atoms with Crippen molar-refractivity contribution >= 4 is 11.8 Å². The number of hydrogen-bond donors (Lipinski definition) is 2. The van der Waals surface area contributed by atoms with E-state index < -0.39 is 0 Å². The Morgan fingerprint density at radius 1 is 1.33 bits per heavy atom. The summed E-state index contributed by atoms with van der Waals surface area (Å²) >= 11 is 0. The van der Waals surface area contributed by atoms with Crippen LogP contribution in [0.4, 0.5) is 11.8 Å². The van der Waals surface area contributed by atoms with E-state index >= 15 is 0 Å². The van der Waals surface area contributed by atoms with Crippen LogP contribution in [0, 0.1) is 6.92 Å². The number of nitrogens with one attached hydrogen (secondary N) is 2. The van der Waals surface area contributed by atoms with E-state index in [9.17, 15) is 0 Å². The van der Waals surface area contributed by atoms with Gasteiger partial charge >= 0.3 is 0 Å². The molecule has 0 radical (unpaired) electrons. The summed E-state index contributed by atoms with van der Waals surface area (Å²) in [6.07, 6.45) is 3.77. The van der Waals surface area contributed by atoms with Gasteiger partial charge in [-0.25, -0.2) is 4.98 Å². The number of aryl methyl sites for hydroxylation is 1. The van der Waals surface area contributed by atoms with Crippen LogP contribution >= 0.6 is 0 Å². The Bertz CT molecular complexity index is 713. The van der Waals surface area contributed by atoms with Crippen LogP contribution in [0.5, 0.6) is 0 Å². The third kappa shape index (κ3) is 3.48. The zero-order chi connectivity index (χ0) is 17.1. The molecule has 128 valence electrons. The van der Waals surface area contributed by atoms with Crippen molar-refractivity contribution in [3.8, 4) is 0 Å². The molecule has 2 aromatic rings. The number of rotatable bonds is 5. The zero-order valence-corrected chi connectivity index (χ0v) is 14.9. The Kier molecular flexibility index (Phi) is 4.94. The summed E-state index contributed by atoms with van der Waals surface area (Å²) in [6, 6.07) is 4.32. The Morgan fingerprint density at radius 3 is 2.88 bits per heavy atom. The number of nitrogens with zero attached hydrogens (tertiary/aromatic N) is 4. The smallest absolute Gasteiger partial charge is 0.227 e. The highest BCUT2D eigenvalue weighted by atomic mass is 15.2. The molecule has 0 saturated heterocycles. The van der Waals surface area contributed by atoms with Gasteiger partial charge in [0.2, 0.25) is 5.95 Å². The van der Waals surface area contributed by atoms with Crippen LogP contribution in [0.2, 0.25) is 0 Å². The molecule has 3 heterocycles. The molecule has 1 atom stereocenters. The molecule has 1 aliphatic heterocycles. The summed E-state index contributed by atoms with van der Waals surface area (Å²) < 4.78 is 0. The monoisotopic (exact) mass is 326 g/mol. The van der Waals surface area contributed by atoms with Crippen molar-refractivity contribution in [1.82, 2.24) is 20.3 Å². The van der Waals surface area contributed by atoms with Crippen LogP contribution in [0.25, 0.3) is 0 Å². The molecule has 0 spiro atoms. The molecule has 0 aromatic carbocycles. The molecule has 0 amide bonds. The Labute approximate surface area is 143 Å². The van der Waals surface area contributed by atoms with Gasteiger partial charge in [-0.2, -0.15) is 4.98 Å². The predicted molar refractivity (Wildman–Crippen MR) is 97.4 cm³/mol. The van der Waals surface area contributed by atoms with Gasteiger partial charge in [-0.3, -0.25) is 4.98 Å². The van der Waals surface area contributed by atoms with Gasteiger partial charge in [0, 0.05) is 32.4 Å². The minimum absolute atomic E-state index is 0.147. The highest BCUT2D eigenvalue weighted by Crippen LogP contribution is 2.27. The molecular weight excluding hydrogens is 300 g/mol. The molecule has 0 bridgehead atoms. The second-order valence-electron chi connectivity index (χ2n) is 6.48. The highest BCUT2D eigenvalue weighted by molar-refractivity contribution is 5.53. The lowest BCUT2D eigenvalue weighted by atomic mass is 10.0. The molecular formula is C18H26N6. The van der Waals surface area contributed by atoms with Crippen molar-refractivity contribution in [3.63, 3.8) is 0 Å². The zero-order valence-electron chi connectivity index (χ0n) is 14.9. The Morgan fingerprint density at radius 2 is 2.17 bits per heavy atom. The lowest BCUT2D eigenvalue weighted by Crippen LogP contribution is -2.28. The maximum atomic E-state index is 4.77. The van der Waals surface area contributed by atoms with Gasteiger partial charge in [-0.15, -0.1) is 0 Å². The van der Waals surface area contributed by atoms with Crippen LogP contribution in [-0.2, 0) is 13.0 Å². The van der Waals surface area contributed by atoms with E-state index in [0.717, 1.165) is 49.1 Å².